The van der Waals surface area contributed by atoms with Crippen LogP contribution in [0.5, 0.6) is 0 Å². The van der Waals surface area contributed by atoms with E-state index in [4.69, 9.17) is 19.4 Å². The van der Waals surface area contributed by atoms with Crippen LogP contribution in [0.25, 0.3) is 72.6 Å². The standard InChI is InChI=1S/C65H42BN7OSi/c1-3-22-44(23-4-1)75(45-24-5-2-6-25-45,61-40-20-39-60-63(61)74-65-68-54-33-13-14-34-55(54)70(60)65)46-26-19-21-43(41-46)71-56-35-15-16-36-57(56)72-58-37-17-18-38-59(58)73(66(71)72)64-67-42-53-51-31-10-9-29-49(51)47-27-7-8-28-48(47)50-30-11-12-32-52(50)62(53)69-64/h1-42H. The predicted molar refractivity (Wildman–Crippen MR) is 308 cm³/mol. The van der Waals surface area contributed by atoms with Gasteiger partial charge in [0.25, 0.3) is 0 Å². The average molecular weight is 976 g/mol. The first kappa shape index (κ1) is 41.8. The van der Waals surface area contributed by atoms with E-state index in [1.807, 2.05) is 12.1 Å². The summed E-state index contributed by atoms with van der Waals surface area (Å²) in [6, 6.07) is 89.9. The molecule has 0 bridgehead atoms. The van der Waals surface area contributed by atoms with E-state index in [2.05, 4.69) is 262 Å². The van der Waals surface area contributed by atoms with Crippen LogP contribution < -0.4 is 35.2 Å². The Morgan fingerprint density at radius 3 is 1.53 bits per heavy atom. The first-order valence-corrected chi connectivity index (χ1v) is 27.5. The SMILES string of the molecule is c1ccc([Si](c2ccccc2)(c2cccc(N3B4N(c5ncc6c(n5)-c5ccccc5-c5ccccc5-c5ccccc5-6)c5ccccc5N4c4ccccc43)c2)c2cccc3c2oc2nc4ccccc4n23)cc1. The lowest BCUT2D eigenvalue weighted by Crippen LogP contribution is -2.75. The van der Waals surface area contributed by atoms with E-state index < -0.39 is 15.2 Å². The van der Waals surface area contributed by atoms with E-state index in [-0.39, 0.29) is 0 Å². The summed E-state index contributed by atoms with van der Waals surface area (Å²) in [5, 5.41) is 4.87. The summed E-state index contributed by atoms with van der Waals surface area (Å²) >= 11 is 0. The molecule has 350 valence electrons. The number of imidazole rings is 1. The van der Waals surface area contributed by atoms with Crippen molar-refractivity contribution < 1.29 is 4.42 Å². The molecule has 2 aliphatic heterocycles. The molecule has 0 radical (unpaired) electrons. The van der Waals surface area contributed by atoms with E-state index in [0.717, 1.165) is 89.3 Å². The Kier molecular flexibility index (Phi) is 8.98. The van der Waals surface area contributed by atoms with Crippen molar-refractivity contribution in [1.82, 2.24) is 19.4 Å². The van der Waals surface area contributed by atoms with Gasteiger partial charge in [0.15, 0.2) is 13.7 Å². The number of rotatable bonds is 6. The Bertz CT molecular complexity index is 4400. The van der Waals surface area contributed by atoms with Gasteiger partial charge in [0.05, 0.1) is 45.0 Å². The Balaban J connectivity index is 0.927. The number of hydrogen-bond donors (Lipinski definition) is 0. The van der Waals surface area contributed by atoms with Crippen molar-refractivity contribution in [2.24, 2.45) is 0 Å². The molecule has 8 nitrogen and oxygen atoms in total. The zero-order valence-electron chi connectivity index (χ0n) is 40.4. The molecule has 13 aromatic rings. The number of oxazole rings is 1. The molecule has 3 aliphatic rings. The average Bonchev–Trinajstić information content (AvgIpc) is 4.34. The number of nitrogens with zero attached hydrogens (tertiary/aromatic N) is 7. The minimum atomic E-state index is -3.25. The molecule has 75 heavy (non-hydrogen) atoms. The zero-order chi connectivity index (χ0) is 49.2. The van der Waals surface area contributed by atoms with Gasteiger partial charge in [0.1, 0.15) is 0 Å². The number of aromatic nitrogens is 4. The summed E-state index contributed by atoms with van der Waals surface area (Å²) in [5.74, 6) is 1.20. The molecule has 10 heteroatoms. The predicted octanol–water partition coefficient (Wildman–Crippen LogP) is 12.8. The third-order valence-corrected chi connectivity index (χ3v) is 20.5. The molecular formula is C65H42BN7OSi. The summed E-state index contributed by atoms with van der Waals surface area (Å²) in [5.41, 5.74) is 17.9. The highest BCUT2D eigenvalue weighted by molar-refractivity contribution is 7.20. The van der Waals surface area contributed by atoms with Crippen molar-refractivity contribution in [2.75, 3.05) is 14.4 Å². The fourth-order valence-electron chi connectivity index (χ4n) is 12.7. The van der Waals surface area contributed by atoms with Crippen molar-refractivity contribution in [3.05, 3.63) is 255 Å². The van der Waals surface area contributed by atoms with E-state index >= 15 is 0 Å². The second kappa shape index (κ2) is 16.1. The largest absolute Gasteiger partial charge is 0.521 e. The van der Waals surface area contributed by atoms with Crippen molar-refractivity contribution in [1.29, 1.82) is 0 Å². The lowest BCUT2D eigenvalue weighted by molar-refractivity contribution is 0.645. The molecule has 0 amide bonds. The Morgan fingerprint density at radius 1 is 0.387 bits per heavy atom. The third kappa shape index (κ3) is 5.91. The lowest BCUT2D eigenvalue weighted by atomic mass is 9.83. The molecule has 1 aliphatic carbocycles. The van der Waals surface area contributed by atoms with Crippen LogP contribution in [0.3, 0.4) is 0 Å². The van der Waals surface area contributed by atoms with Gasteiger partial charge < -0.3 is 18.8 Å². The van der Waals surface area contributed by atoms with Crippen LogP contribution >= 0.6 is 0 Å². The van der Waals surface area contributed by atoms with Crippen molar-refractivity contribution in [3.63, 3.8) is 0 Å². The number of hydrogen-bond acceptors (Lipinski definition) is 7. The maximum absolute atomic E-state index is 7.03. The lowest BCUT2D eigenvalue weighted by Gasteiger charge is -2.36. The van der Waals surface area contributed by atoms with Crippen molar-refractivity contribution in [2.45, 2.75) is 0 Å². The van der Waals surface area contributed by atoms with Crippen LogP contribution in [0, 0.1) is 0 Å². The monoisotopic (exact) mass is 975 g/mol. The number of para-hydroxylation sites is 7. The van der Waals surface area contributed by atoms with Crippen LogP contribution in [-0.4, -0.2) is 34.5 Å². The minimum absolute atomic E-state index is 0.399. The molecule has 0 saturated carbocycles. The van der Waals surface area contributed by atoms with Crippen LogP contribution in [0.15, 0.2) is 259 Å². The quantitative estimate of drug-likeness (QED) is 0.121. The highest BCUT2D eigenvalue weighted by Crippen LogP contribution is 2.56. The van der Waals surface area contributed by atoms with Crippen LogP contribution in [-0.2, 0) is 0 Å². The molecule has 0 spiro atoms. The Labute approximate surface area is 433 Å². The smallest absolute Gasteiger partial charge is 0.423 e. The summed E-state index contributed by atoms with van der Waals surface area (Å²) in [7, 11) is -3.65. The van der Waals surface area contributed by atoms with Gasteiger partial charge in [-0.3, -0.25) is 4.40 Å². The van der Waals surface area contributed by atoms with Crippen LogP contribution in [0.1, 0.15) is 0 Å². The summed E-state index contributed by atoms with van der Waals surface area (Å²) in [4.78, 5) is 23.5. The second-order valence-electron chi connectivity index (χ2n) is 19.5. The van der Waals surface area contributed by atoms with E-state index in [1.54, 1.807) is 0 Å². The highest BCUT2D eigenvalue weighted by atomic mass is 28.3. The van der Waals surface area contributed by atoms with Gasteiger partial charge in [-0.1, -0.05) is 194 Å². The van der Waals surface area contributed by atoms with Crippen molar-refractivity contribution in [3.8, 4) is 44.6 Å². The van der Waals surface area contributed by atoms with Gasteiger partial charge in [-0.05, 0) is 103 Å². The fraction of sp³-hybridized carbons (Fsp3) is 0. The molecule has 3 aromatic heterocycles. The van der Waals surface area contributed by atoms with E-state index in [1.165, 1.54) is 26.7 Å². The minimum Gasteiger partial charge on any atom is -0.423 e. The zero-order valence-corrected chi connectivity index (χ0v) is 41.4. The normalized spacial score (nSPS) is 13.2. The number of benzene rings is 10. The molecule has 10 aromatic carbocycles. The van der Waals surface area contributed by atoms with Gasteiger partial charge in [-0.25, -0.2) is 9.97 Å². The Hall–Kier alpha value is -9.77. The second-order valence-corrected chi connectivity index (χ2v) is 23.3. The number of fused-ring (bicyclic) bond motifs is 18. The molecule has 0 N–H and O–H groups in total. The van der Waals surface area contributed by atoms with Gasteiger partial charge in [-0.15, -0.1) is 0 Å². The fourth-order valence-corrected chi connectivity index (χ4v) is 17.5. The van der Waals surface area contributed by atoms with Crippen LogP contribution in [0.2, 0.25) is 0 Å². The third-order valence-electron chi connectivity index (χ3n) is 15.7. The highest BCUT2D eigenvalue weighted by Gasteiger charge is 2.55. The van der Waals surface area contributed by atoms with Crippen molar-refractivity contribution >= 4 is 98.3 Å². The maximum Gasteiger partial charge on any atom is 0.521 e. The number of anilines is 6. The summed E-state index contributed by atoms with van der Waals surface area (Å²) in [6.07, 6.45) is 2.05. The van der Waals surface area contributed by atoms with Gasteiger partial charge in [-0.2, -0.15) is 4.98 Å². The van der Waals surface area contributed by atoms with E-state index in [9.17, 15) is 0 Å². The van der Waals surface area contributed by atoms with Gasteiger partial charge in [0.2, 0.25) is 5.95 Å². The van der Waals surface area contributed by atoms with E-state index in [0.29, 0.717) is 11.8 Å². The first-order valence-electron chi connectivity index (χ1n) is 25.5. The van der Waals surface area contributed by atoms with Gasteiger partial charge >= 0.3 is 13.0 Å². The molecule has 5 heterocycles. The molecule has 0 unspecified atom stereocenters. The molecule has 0 saturated heterocycles. The molecule has 0 atom stereocenters. The van der Waals surface area contributed by atoms with Gasteiger partial charge in [0, 0.05) is 23.0 Å². The van der Waals surface area contributed by atoms with Crippen LogP contribution in [0.4, 0.5) is 34.4 Å². The summed E-state index contributed by atoms with van der Waals surface area (Å²) in [6.45, 7) is 0. The molecular weight excluding hydrogens is 934 g/mol. The first-order chi connectivity index (χ1) is 37.2. The maximum atomic E-state index is 7.03. The molecule has 16 rings (SSSR count). The topological polar surface area (TPSA) is 65.9 Å². The Morgan fingerprint density at radius 2 is 0.880 bits per heavy atom. The summed E-state index contributed by atoms with van der Waals surface area (Å²) < 4.78 is 9.20. The molecule has 0 fully saturated rings.